The topological polar surface area (TPSA) is 48.1 Å². The molecule has 2 N–H and O–H groups in total. The van der Waals surface area contributed by atoms with Gasteiger partial charge in [0.1, 0.15) is 0 Å². The maximum absolute atomic E-state index is 6.05. The lowest BCUT2D eigenvalue weighted by Crippen LogP contribution is -2.37. The minimum Gasteiger partial charge on any atom is -0.380 e. The van der Waals surface area contributed by atoms with Crippen LogP contribution in [-0.4, -0.2) is 24.2 Å². The third-order valence-corrected chi connectivity index (χ3v) is 2.85. The fourth-order valence-electron chi connectivity index (χ4n) is 1.62. The Morgan fingerprint density at radius 2 is 2.27 bits per heavy atom. The molecule has 0 saturated carbocycles. The molecule has 0 bridgehead atoms. The number of pyridine rings is 1. The molecule has 2 unspecified atom stereocenters. The summed E-state index contributed by atoms with van der Waals surface area (Å²) in [5.41, 5.74) is 7.18. The van der Waals surface area contributed by atoms with Crippen molar-refractivity contribution in [3.63, 3.8) is 0 Å². The molecule has 0 aromatic carbocycles. The lowest BCUT2D eigenvalue weighted by atomic mass is 10.0. The smallest absolute Gasteiger partial charge is 0.0722 e. The van der Waals surface area contributed by atoms with E-state index in [2.05, 4.69) is 27.8 Å². The zero-order valence-corrected chi connectivity index (χ0v) is 10.7. The van der Waals surface area contributed by atoms with Crippen LogP contribution in [0.4, 0.5) is 0 Å². The standard InChI is InChI=1S/C11H17BrN2O/c1-3-11(15-2)10(13)5-8-4-9(12)7-14-6-8/h4,6-7,10-11H,3,5,13H2,1-2H3. The van der Waals surface area contributed by atoms with Gasteiger partial charge in [0.05, 0.1) is 6.10 Å². The highest BCUT2D eigenvalue weighted by atomic mass is 79.9. The Labute approximate surface area is 99.2 Å². The second-order valence-electron chi connectivity index (χ2n) is 3.56. The van der Waals surface area contributed by atoms with Crippen molar-refractivity contribution in [1.29, 1.82) is 0 Å². The summed E-state index contributed by atoms with van der Waals surface area (Å²) in [7, 11) is 1.70. The van der Waals surface area contributed by atoms with E-state index in [4.69, 9.17) is 10.5 Å². The zero-order chi connectivity index (χ0) is 11.3. The van der Waals surface area contributed by atoms with Crippen molar-refractivity contribution < 1.29 is 4.74 Å². The fourth-order valence-corrected chi connectivity index (χ4v) is 2.03. The molecule has 1 rings (SSSR count). The molecule has 84 valence electrons. The molecule has 0 aliphatic heterocycles. The van der Waals surface area contributed by atoms with Gasteiger partial charge >= 0.3 is 0 Å². The number of hydrogen-bond acceptors (Lipinski definition) is 3. The van der Waals surface area contributed by atoms with Gasteiger partial charge in [0.25, 0.3) is 0 Å². The predicted octanol–water partition coefficient (Wildman–Crippen LogP) is 2.14. The second-order valence-corrected chi connectivity index (χ2v) is 4.48. The maximum Gasteiger partial charge on any atom is 0.0722 e. The number of ether oxygens (including phenoxy) is 1. The number of nitrogens with zero attached hydrogens (tertiary/aromatic N) is 1. The summed E-state index contributed by atoms with van der Waals surface area (Å²) >= 11 is 3.39. The Morgan fingerprint density at radius 3 is 2.80 bits per heavy atom. The van der Waals surface area contributed by atoms with Gasteiger partial charge in [-0.2, -0.15) is 0 Å². The van der Waals surface area contributed by atoms with Crippen LogP contribution in [0.15, 0.2) is 22.9 Å². The molecule has 0 radical (unpaired) electrons. The van der Waals surface area contributed by atoms with Gasteiger partial charge < -0.3 is 10.5 Å². The molecule has 1 aromatic rings. The van der Waals surface area contributed by atoms with Crippen LogP contribution in [0.5, 0.6) is 0 Å². The van der Waals surface area contributed by atoms with Crippen LogP contribution in [0.1, 0.15) is 18.9 Å². The number of aromatic nitrogens is 1. The third kappa shape index (κ3) is 3.89. The maximum atomic E-state index is 6.05. The highest BCUT2D eigenvalue weighted by Gasteiger charge is 2.15. The predicted molar refractivity (Wildman–Crippen MR) is 64.7 cm³/mol. The lowest BCUT2D eigenvalue weighted by molar-refractivity contribution is 0.0773. The Kier molecular flexibility index (Phi) is 5.22. The summed E-state index contributed by atoms with van der Waals surface area (Å²) in [6.07, 6.45) is 5.44. The number of nitrogens with two attached hydrogens (primary N) is 1. The van der Waals surface area contributed by atoms with Gasteiger partial charge in [-0.05, 0) is 40.4 Å². The SMILES string of the molecule is CCC(OC)C(N)Cc1cncc(Br)c1. The monoisotopic (exact) mass is 272 g/mol. The quantitative estimate of drug-likeness (QED) is 0.894. The van der Waals surface area contributed by atoms with E-state index in [1.807, 2.05) is 12.3 Å². The van der Waals surface area contributed by atoms with Gasteiger partial charge in [0, 0.05) is 30.0 Å². The van der Waals surface area contributed by atoms with Crippen molar-refractivity contribution in [2.24, 2.45) is 5.73 Å². The minimum absolute atomic E-state index is 0.0242. The van der Waals surface area contributed by atoms with Crippen molar-refractivity contribution in [1.82, 2.24) is 4.98 Å². The van der Waals surface area contributed by atoms with E-state index in [1.54, 1.807) is 13.3 Å². The molecule has 2 atom stereocenters. The number of halogens is 1. The van der Waals surface area contributed by atoms with Crippen LogP contribution in [0.2, 0.25) is 0 Å². The Morgan fingerprint density at radius 1 is 1.53 bits per heavy atom. The van der Waals surface area contributed by atoms with Crippen molar-refractivity contribution in [2.75, 3.05) is 7.11 Å². The van der Waals surface area contributed by atoms with Gasteiger partial charge in [-0.15, -0.1) is 0 Å². The number of hydrogen-bond donors (Lipinski definition) is 1. The first kappa shape index (κ1) is 12.6. The first-order valence-corrected chi connectivity index (χ1v) is 5.84. The summed E-state index contributed by atoms with van der Waals surface area (Å²) in [6, 6.07) is 2.06. The average molecular weight is 273 g/mol. The molecule has 1 heterocycles. The largest absolute Gasteiger partial charge is 0.380 e. The van der Waals surface area contributed by atoms with E-state index in [1.165, 1.54) is 0 Å². The summed E-state index contributed by atoms with van der Waals surface area (Å²) in [5, 5.41) is 0. The summed E-state index contributed by atoms with van der Waals surface area (Å²) in [4.78, 5) is 4.11. The molecular weight excluding hydrogens is 256 g/mol. The molecule has 3 nitrogen and oxygen atoms in total. The first-order chi connectivity index (χ1) is 7.17. The van der Waals surface area contributed by atoms with Gasteiger partial charge in [-0.3, -0.25) is 4.98 Å². The molecule has 0 aliphatic carbocycles. The van der Waals surface area contributed by atoms with Crippen LogP contribution in [-0.2, 0) is 11.2 Å². The highest BCUT2D eigenvalue weighted by Crippen LogP contribution is 2.13. The Bertz CT molecular complexity index is 302. The van der Waals surface area contributed by atoms with Crippen LogP contribution in [0, 0.1) is 0 Å². The fraction of sp³-hybridized carbons (Fsp3) is 0.545. The first-order valence-electron chi connectivity index (χ1n) is 5.05. The second kappa shape index (κ2) is 6.20. The van der Waals surface area contributed by atoms with E-state index >= 15 is 0 Å². The lowest BCUT2D eigenvalue weighted by Gasteiger charge is -2.21. The van der Waals surface area contributed by atoms with E-state index < -0.39 is 0 Å². The molecule has 0 fully saturated rings. The van der Waals surface area contributed by atoms with Gasteiger partial charge in [0.15, 0.2) is 0 Å². The van der Waals surface area contributed by atoms with E-state index in [9.17, 15) is 0 Å². The van der Waals surface area contributed by atoms with Crippen LogP contribution < -0.4 is 5.73 Å². The summed E-state index contributed by atoms with van der Waals surface area (Å²) in [6.45, 7) is 2.08. The number of rotatable bonds is 5. The molecule has 0 amide bonds. The minimum atomic E-state index is 0.0242. The molecule has 0 spiro atoms. The zero-order valence-electron chi connectivity index (χ0n) is 9.11. The Balaban J connectivity index is 2.61. The van der Waals surface area contributed by atoms with E-state index in [0.29, 0.717) is 0 Å². The van der Waals surface area contributed by atoms with Gasteiger partial charge in [-0.1, -0.05) is 6.92 Å². The van der Waals surface area contributed by atoms with Crippen LogP contribution >= 0.6 is 15.9 Å². The normalized spacial score (nSPS) is 14.9. The number of methoxy groups -OCH3 is 1. The van der Waals surface area contributed by atoms with Crippen molar-refractivity contribution >= 4 is 15.9 Å². The van der Waals surface area contributed by atoms with Crippen molar-refractivity contribution in [3.05, 3.63) is 28.5 Å². The molecule has 0 aliphatic rings. The van der Waals surface area contributed by atoms with Crippen molar-refractivity contribution in [2.45, 2.75) is 31.9 Å². The van der Waals surface area contributed by atoms with E-state index in [-0.39, 0.29) is 12.1 Å². The molecule has 1 aromatic heterocycles. The van der Waals surface area contributed by atoms with Crippen molar-refractivity contribution in [3.8, 4) is 0 Å². The van der Waals surface area contributed by atoms with Crippen LogP contribution in [0.25, 0.3) is 0 Å². The summed E-state index contributed by atoms with van der Waals surface area (Å²) in [5.74, 6) is 0. The summed E-state index contributed by atoms with van der Waals surface area (Å²) < 4.78 is 6.29. The molecule has 0 saturated heterocycles. The molecule has 4 heteroatoms. The Hall–Kier alpha value is -0.450. The van der Waals surface area contributed by atoms with Gasteiger partial charge in [-0.25, -0.2) is 0 Å². The van der Waals surface area contributed by atoms with E-state index in [0.717, 1.165) is 22.9 Å². The molecular formula is C11H17BrN2O. The molecule has 15 heavy (non-hydrogen) atoms. The van der Waals surface area contributed by atoms with Gasteiger partial charge in [0.2, 0.25) is 0 Å². The van der Waals surface area contributed by atoms with Crippen LogP contribution in [0.3, 0.4) is 0 Å². The average Bonchev–Trinajstić information content (AvgIpc) is 2.19. The highest BCUT2D eigenvalue weighted by molar-refractivity contribution is 9.10. The third-order valence-electron chi connectivity index (χ3n) is 2.42.